The molecule has 0 radical (unpaired) electrons. The van der Waals surface area contributed by atoms with Crippen LogP contribution in [0.3, 0.4) is 0 Å². The molecule has 1 aromatic heterocycles. The molecule has 25 heavy (non-hydrogen) atoms. The molecule has 0 unspecified atom stereocenters. The van der Waals surface area contributed by atoms with Gasteiger partial charge in [-0.2, -0.15) is 0 Å². The highest BCUT2D eigenvalue weighted by Gasteiger charge is 2.14. The second-order valence-corrected chi connectivity index (χ2v) is 6.57. The molecule has 130 valence electrons. The fourth-order valence-electron chi connectivity index (χ4n) is 2.97. The first-order chi connectivity index (χ1) is 12.1. The smallest absolute Gasteiger partial charge is 0.222 e. The highest BCUT2D eigenvalue weighted by atomic mass is 35.5. The number of nitrogens with one attached hydrogen (secondary N) is 1. The Bertz CT molecular complexity index is 870. The summed E-state index contributed by atoms with van der Waals surface area (Å²) in [6.07, 6.45) is 3.99. The van der Waals surface area contributed by atoms with Gasteiger partial charge in [0, 0.05) is 47.7 Å². The maximum Gasteiger partial charge on any atom is 0.222 e. The molecule has 1 N–H and O–H groups in total. The van der Waals surface area contributed by atoms with Gasteiger partial charge >= 0.3 is 0 Å². The number of aryl methyl sites for hydroxylation is 1. The quantitative estimate of drug-likeness (QED) is 0.665. The number of hydrogen-bond acceptors (Lipinski definition) is 1. The molecule has 0 bridgehead atoms. The van der Waals surface area contributed by atoms with Gasteiger partial charge in [0.1, 0.15) is 5.82 Å². The van der Waals surface area contributed by atoms with Crippen LogP contribution >= 0.6 is 11.6 Å². The molecule has 0 aliphatic carbocycles. The summed E-state index contributed by atoms with van der Waals surface area (Å²) in [7, 11) is 1.68. The second kappa shape index (κ2) is 7.70. The molecule has 0 aliphatic heterocycles. The van der Waals surface area contributed by atoms with Crippen LogP contribution < -0.4 is 0 Å². The maximum absolute atomic E-state index is 13.8. The van der Waals surface area contributed by atoms with Crippen LogP contribution in [0.1, 0.15) is 24.0 Å². The predicted octanol–water partition coefficient (Wildman–Crippen LogP) is 4.94. The van der Waals surface area contributed by atoms with E-state index in [1.807, 2.05) is 24.4 Å². The number of fused-ring (bicyclic) bond motifs is 1. The Morgan fingerprint density at radius 1 is 1.20 bits per heavy atom. The highest BCUT2D eigenvalue weighted by molar-refractivity contribution is 6.31. The van der Waals surface area contributed by atoms with Crippen LogP contribution in [0.4, 0.5) is 4.39 Å². The van der Waals surface area contributed by atoms with E-state index in [-0.39, 0.29) is 18.3 Å². The number of benzene rings is 2. The summed E-state index contributed by atoms with van der Waals surface area (Å²) in [5, 5.41) is 1.54. The molecule has 3 aromatic rings. The summed E-state index contributed by atoms with van der Waals surface area (Å²) in [5.74, 6) is -0.398. The van der Waals surface area contributed by atoms with Crippen molar-refractivity contribution in [2.45, 2.75) is 25.8 Å². The third kappa shape index (κ3) is 4.02. The van der Waals surface area contributed by atoms with Crippen molar-refractivity contribution in [3.05, 3.63) is 70.6 Å². The van der Waals surface area contributed by atoms with Gasteiger partial charge in [0.15, 0.2) is 0 Å². The Kier molecular flexibility index (Phi) is 5.39. The number of amides is 1. The Morgan fingerprint density at radius 3 is 2.80 bits per heavy atom. The highest BCUT2D eigenvalue weighted by Crippen LogP contribution is 2.22. The van der Waals surface area contributed by atoms with Crippen molar-refractivity contribution in [2.24, 2.45) is 0 Å². The van der Waals surface area contributed by atoms with E-state index in [0.29, 0.717) is 17.0 Å². The minimum absolute atomic E-state index is 0.0147. The number of halogens is 2. The molecule has 0 aliphatic rings. The van der Waals surface area contributed by atoms with Gasteiger partial charge in [-0.15, -0.1) is 0 Å². The van der Waals surface area contributed by atoms with Crippen molar-refractivity contribution in [2.75, 3.05) is 7.05 Å². The van der Waals surface area contributed by atoms with E-state index >= 15 is 0 Å². The standard InChI is InChI=1S/C20H20ClFN2O/c1-24(13-16-17(21)8-5-9-18(16)22)20(25)11-4-6-14-12-23-19-10-3-2-7-15(14)19/h2-3,5,7-10,12,23H,4,6,11,13H2,1H3. The van der Waals surface area contributed by atoms with Crippen LogP contribution in [-0.2, 0) is 17.8 Å². The first-order valence-corrected chi connectivity index (χ1v) is 8.66. The van der Waals surface area contributed by atoms with E-state index in [9.17, 15) is 9.18 Å². The lowest BCUT2D eigenvalue weighted by atomic mass is 10.1. The van der Waals surface area contributed by atoms with Gasteiger partial charge in [0.25, 0.3) is 0 Å². The molecule has 1 heterocycles. The minimum Gasteiger partial charge on any atom is -0.361 e. The van der Waals surface area contributed by atoms with Crippen molar-refractivity contribution in [1.29, 1.82) is 0 Å². The van der Waals surface area contributed by atoms with Crippen LogP contribution in [0.2, 0.25) is 5.02 Å². The zero-order valence-corrected chi connectivity index (χ0v) is 14.8. The third-order valence-corrected chi connectivity index (χ3v) is 4.75. The third-order valence-electron chi connectivity index (χ3n) is 4.39. The lowest BCUT2D eigenvalue weighted by molar-refractivity contribution is -0.130. The summed E-state index contributed by atoms with van der Waals surface area (Å²) in [5.41, 5.74) is 2.68. The molecule has 0 atom stereocenters. The summed E-state index contributed by atoms with van der Waals surface area (Å²) in [6.45, 7) is 0.178. The maximum atomic E-state index is 13.8. The van der Waals surface area contributed by atoms with Crippen molar-refractivity contribution < 1.29 is 9.18 Å². The Labute approximate surface area is 151 Å². The number of carbonyl (C=O) groups excluding carboxylic acids is 1. The fourth-order valence-corrected chi connectivity index (χ4v) is 3.19. The minimum atomic E-state index is -0.383. The van der Waals surface area contributed by atoms with E-state index in [4.69, 9.17) is 11.6 Å². The number of hydrogen-bond donors (Lipinski definition) is 1. The molecule has 0 saturated carbocycles. The number of para-hydroxylation sites is 1. The van der Waals surface area contributed by atoms with Gasteiger partial charge in [-0.1, -0.05) is 35.9 Å². The Morgan fingerprint density at radius 2 is 2.00 bits per heavy atom. The number of carbonyl (C=O) groups is 1. The van der Waals surface area contributed by atoms with Crippen LogP contribution in [-0.4, -0.2) is 22.8 Å². The summed E-state index contributed by atoms with van der Waals surface area (Å²) in [6, 6.07) is 12.7. The topological polar surface area (TPSA) is 36.1 Å². The first-order valence-electron chi connectivity index (χ1n) is 8.28. The zero-order chi connectivity index (χ0) is 17.8. The van der Waals surface area contributed by atoms with E-state index in [1.165, 1.54) is 21.9 Å². The Hall–Kier alpha value is -2.33. The van der Waals surface area contributed by atoms with E-state index in [1.54, 1.807) is 19.2 Å². The SMILES string of the molecule is CN(Cc1c(F)cccc1Cl)C(=O)CCCc1c[nH]c2ccccc12. The van der Waals surface area contributed by atoms with Crippen molar-refractivity contribution in [3.8, 4) is 0 Å². The predicted molar refractivity (Wildman–Crippen MR) is 99.1 cm³/mol. The number of rotatable bonds is 6. The van der Waals surface area contributed by atoms with Gasteiger partial charge in [0.2, 0.25) is 5.91 Å². The van der Waals surface area contributed by atoms with Crippen LogP contribution in [0, 0.1) is 5.82 Å². The molecule has 2 aromatic carbocycles. The van der Waals surface area contributed by atoms with Crippen molar-refractivity contribution in [1.82, 2.24) is 9.88 Å². The van der Waals surface area contributed by atoms with Gasteiger partial charge in [-0.25, -0.2) is 4.39 Å². The molecule has 3 nitrogen and oxygen atoms in total. The number of aromatic amines is 1. The molecular weight excluding hydrogens is 339 g/mol. The fraction of sp³-hybridized carbons (Fsp3) is 0.250. The summed E-state index contributed by atoms with van der Waals surface area (Å²) < 4.78 is 13.8. The number of nitrogens with zero attached hydrogens (tertiary/aromatic N) is 1. The van der Waals surface area contributed by atoms with E-state index in [2.05, 4.69) is 11.1 Å². The summed E-state index contributed by atoms with van der Waals surface area (Å²) in [4.78, 5) is 17.1. The molecule has 0 spiro atoms. The summed E-state index contributed by atoms with van der Waals surface area (Å²) >= 11 is 6.02. The Balaban J connectivity index is 1.55. The lowest BCUT2D eigenvalue weighted by Gasteiger charge is -2.18. The molecule has 0 fully saturated rings. The van der Waals surface area contributed by atoms with Gasteiger partial charge in [0.05, 0.1) is 0 Å². The lowest BCUT2D eigenvalue weighted by Crippen LogP contribution is -2.26. The monoisotopic (exact) mass is 358 g/mol. The number of aromatic nitrogens is 1. The van der Waals surface area contributed by atoms with E-state index in [0.717, 1.165) is 18.4 Å². The second-order valence-electron chi connectivity index (χ2n) is 6.16. The molecule has 3 rings (SSSR count). The van der Waals surface area contributed by atoms with Crippen molar-refractivity contribution >= 4 is 28.4 Å². The first kappa shape index (κ1) is 17.5. The van der Waals surface area contributed by atoms with Crippen LogP contribution in [0.25, 0.3) is 10.9 Å². The molecule has 1 amide bonds. The average Bonchev–Trinajstić information content (AvgIpc) is 3.01. The van der Waals surface area contributed by atoms with Crippen LogP contribution in [0.15, 0.2) is 48.7 Å². The number of H-pyrrole nitrogens is 1. The molecule has 5 heteroatoms. The van der Waals surface area contributed by atoms with Crippen molar-refractivity contribution in [3.63, 3.8) is 0 Å². The van der Waals surface area contributed by atoms with Crippen LogP contribution in [0.5, 0.6) is 0 Å². The molecule has 0 saturated heterocycles. The largest absolute Gasteiger partial charge is 0.361 e. The van der Waals surface area contributed by atoms with E-state index < -0.39 is 0 Å². The zero-order valence-electron chi connectivity index (χ0n) is 14.1. The molecular formula is C20H20ClFN2O. The van der Waals surface area contributed by atoms with Gasteiger partial charge < -0.3 is 9.88 Å². The average molecular weight is 359 g/mol. The van der Waals surface area contributed by atoms with Gasteiger partial charge in [-0.05, 0) is 36.6 Å². The van der Waals surface area contributed by atoms with Gasteiger partial charge in [-0.3, -0.25) is 4.79 Å². The normalized spacial score (nSPS) is 11.0.